The van der Waals surface area contributed by atoms with Crippen LogP contribution in [0.2, 0.25) is 0 Å². The molecule has 2 aromatic heterocycles. The Labute approximate surface area is 165 Å². The van der Waals surface area contributed by atoms with Crippen LogP contribution in [-0.4, -0.2) is 61.0 Å². The predicted octanol–water partition coefficient (Wildman–Crippen LogP) is 1.72. The van der Waals surface area contributed by atoms with Crippen molar-refractivity contribution in [2.75, 3.05) is 37.7 Å². The van der Waals surface area contributed by atoms with E-state index in [1.807, 2.05) is 18.2 Å². The van der Waals surface area contributed by atoms with Gasteiger partial charge in [0.2, 0.25) is 10.0 Å². The maximum atomic E-state index is 13.3. The van der Waals surface area contributed by atoms with Gasteiger partial charge in [-0.15, -0.1) is 0 Å². The lowest BCUT2D eigenvalue weighted by Crippen LogP contribution is -2.49. The third-order valence-corrected chi connectivity index (χ3v) is 7.30. The second kappa shape index (κ2) is 7.92. The van der Waals surface area contributed by atoms with Crippen LogP contribution in [0.4, 0.5) is 5.82 Å². The molecule has 1 aliphatic rings. The van der Waals surface area contributed by atoms with Crippen molar-refractivity contribution in [1.29, 1.82) is 0 Å². The van der Waals surface area contributed by atoms with Crippen molar-refractivity contribution in [1.82, 2.24) is 13.9 Å². The summed E-state index contributed by atoms with van der Waals surface area (Å²) < 4.78 is 34.9. The Hall–Kier alpha value is -2.39. The molecule has 1 fully saturated rings. The summed E-state index contributed by atoms with van der Waals surface area (Å²) in [6.45, 7) is 7.19. The maximum Gasteiger partial charge on any atom is 0.355 e. The molecule has 28 heavy (non-hydrogen) atoms. The third-order valence-electron chi connectivity index (χ3n) is 5.14. The van der Waals surface area contributed by atoms with Crippen LogP contribution >= 0.6 is 0 Å². The van der Waals surface area contributed by atoms with Gasteiger partial charge in [0.15, 0.2) is 0 Å². The molecule has 0 unspecified atom stereocenters. The molecule has 0 radical (unpaired) electrons. The van der Waals surface area contributed by atoms with Gasteiger partial charge in [0, 0.05) is 50.7 Å². The highest BCUT2D eigenvalue weighted by atomic mass is 32.2. The van der Waals surface area contributed by atoms with Gasteiger partial charge in [-0.3, -0.25) is 0 Å². The van der Waals surface area contributed by atoms with Crippen molar-refractivity contribution in [2.24, 2.45) is 7.05 Å². The summed E-state index contributed by atoms with van der Waals surface area (Å²) in [5.41, 5.74) is 1.25. The van der Waals surface area contributed by atoms with Crippen LogP contribution < -0.4 is 4.90 Å². The number of pyridine rings is 1. The highest BCUT2D eigenvalue weighted by Crippen LogP contribution is 2.30. The highest BCUT2D eigenvalue weighted by molar-refractivity contribution is 7.89. The largest absolute Gasteiger partial charge is 0.461 e. The summed E-state index contributed by atoms with van der Waals surface area (Å²) in [6.07, 6.45) is 1.73. The van der Waals surface area contributed by atoms with Crippen molar-refractivity contribution in [2.45, 2.75) is 25.7 Å². The number of sulfonamides is 1. The summed E-state index contributed by atoms with van der Waals surface area (Å²) >= 11 is 0. The molecule has 0 atom stereocenters. The first-order chi connectivity index (χ1) is 13.3. The fraction of sp³-hybridized carbons (Fsp3) is 0.474. The average molecular weight is 407 g/mol. The Bertz CT molecular complexity index is 962. The van der Waals surface area contributed by atoms with Crippen LogP contribution in [0.3, 0.4) is 0 Å². The molecular formula is C19H26N4O4S. The molecule has 0 spiro atoms. The average Bonchev–Trinajstić information content (AvgIpc) is 2.92. The van der Waals surface area contributed by atoms with E-state index in [-0.39, 0.29) is 17.2 Å². The molecule has 0 amide bonds. The van der Waals surface area contributed by atoms with E-state index in [1.54, 1.807) is 38.6 Å². The molecule has 0 bridgehead atoms. The van der Waals surface area contributed by atoms with Crippen molar-refractivity contribution >= 4 is 21.8 Å². The number of anilines is 1. The summed E-state index contributed by atoms with van der Waals surface area (Å²) in [5.74, 6) is 0.336. The minimum atomic E-state index is -3.72. The number of carbonyl (C=O) groups is 1. The van der Waals surface area contributed by atoms with Gasteiger partial charge in [0.25, 0.3) is 0 Å². The molecule has 9 heteroatoms. The van der Waals surface area contributed by atoms with E-state index in [9.17, 15) is 13.2 Å². The Kier molecular flexibility index (Phi) is 5.76. The molecule has 8 nitrogen and oxygen atoms in total. The summed E-state index contributed by atoms with van der Waals surface area (Å²) in [6, 6.07) is 5.69. The zero-order valence-corrected chi connectivity index (χ0v) is 17.5. The number of piperazine rings is 1. The van der Waals surface area contributed by atoms with Gasteiger partial charge in [0.1, 0.15) is 16.4 Å². The minimum Gasteiger partial charge on any atom is -0.461 e. The molecule has 0 saturated carbocycles. The lowest BCUT2D eigenvalue weighted by molar-refractivity contribution is 0.0514. The van der Waals surface area contributed by atoms with Crippen LogP contribution in [0.1, 0.15) is 28.7 Å². The summed E-state index contributed by atoms with van der Waals surface area (Å²) in [4.78, 5) is 18.9. The number of ether oxygens (including phenoxy) is 1. The van der Waals surface area contributed by atoms with Crippen LogP contribution in [-0.2, 0) is 21.8 Å². The first kappa shape index (κ1) is 20.3. The van der Waals surface area contributed by atoms with Crippen molar-refractivity contribution in [3.05, 3.63) is 41.3 Å². The SMILES string of the molecule is CCOC(=O)c1c(C)c(S(=O)(=O)N2CCN(c3ccccn3)CC2)c(C)n1C. The molecule has 0 aliphatic carbocycles. The van der Waals surface area contributed by atoms with Crippen LogP contribution in [0.5, 0.6) is 0 Å². The normalized spacial score (nSPS) is 15.6. The topological polar surface area (TPSA) is 84.7 Å². The van der Waals surface area contributed by atoms with Crippen molar-refractivity contribution in [3.8, 4) is 0 Å². The first-order valence-corrected chi connectivity index (χ1v) is 10.7. The molecule has 0 N–H and O–H groups in total. The monoisotopic (exact) mass is 406 g/mol. The van der Waals surface area contributed by atoms with Gasteiger partial charge in [-0.1, -0.05) is 6.07 Å². The van der Waals surface area contributed by atoms with Gasteiger partial charge < -0.3 is 14.2 Å². The number of nitrogens with zero attached hydrogens (tertiary/aromatic N) is 4. The van der Waals surface area contributed by atoms with Crippen LogP contribution in [0.25, 0.3) is 0 Å². The molecule has 0 aromatic carbocycles. The van der Waals surface area contributed by atoms with Gasteiger partial charge in [-0.25, -0.2) is 18.2 Å². The Morgan fingerprint density at radius 2 is 1.86 bits per heavy atom. The van der Waals surface area contributed by atoms with Gasteiger partial charge in [-0.2, -0.15) is 4.31 Å². The first-order valence-electron chi connectivity index (χ1n) is 9.28. The second-order valence-electron chi connectivity index (χ2n) is 6.75. The Morgan fingerprint density at radius 1 is 1.18 bits per heavy atom. The second-order valence-corrected chi connectivity index (χ2v) is 8.62. The fourth-order valence-corrected chi connectivity index (χ4v) is 5.54. The number of carbonyl (C=O) groups excluding carboxylic acids is 1. The Morgan fingerprint density at radius 3 is 2.43 bits per heavy atom. The summed E-state index contributed by atoms with van der Waals surface area (Å²) in [5, 5.41) is 0. The van der Waals surface area contributed by atoms with Crippen LogP contribution in [0, 0.1) is 13.8 Å². The lowest BCUT2D eigenvalue weighted by Gasteiger charge is -2.34. The smallest absolute Gasteiger partial charge is 0.355 e. The highest BCUT2D eigenvalue weighted by Gasteiger charge is 2.35. The molecule has 3 rings (SSSR count). The molecule has 1 aliphatic heterocycles. The van der Waals surface area contributed by atoms with E-state index in [2.05, 4.69) is 9.88 Å². The van der Waals surface area contributed by atoms with E-state index in [4.69, 9.17) is 4.74 Å². The van der Waals surface area contributed by atoms with E-state index in [0.29, 0.717) is 37.4 Å². The molecule has 2 aromatic rings. The fourth-order valence-electron chi connectivity index (χ4n) is 3.65. The van der Waals surface area contributed by atoms with Crippen molar-refractivity contribution < 1.29 is 17.9 Å². The number of rotatable bonds is 5. The zero-order chi connectivity index (χ0) is 20.5. The van der Waals surface area contributed by atoms with Gasteiger partial charge in [-0.05, 0) is 32.9 Å². The number of esters is 1. The van der Waals surface area contributed by atoms with Crippen LogP contribution in [0.15, 0.2) is 29.3 Å². The predicted molar refractivity (Wildman–Crippen MR) is 106 cm³/mol. The molecule has 152 valence electrons. The Balaban J connectivity index is 1.86. The molecule has 3 heterocycles. The van der Waals surface area contributed by atoms with E-state index < -0.39 is 16.0 Å². The zero-order valence-electron chi connectivity index (χ0n) is 16.7. The lowest BCUT2D eigenvalue weighted by atomic mass is 10.2. The standard InChI is InChI=1S/C19H26N4O4S/c1-5-27-19(24)17-14(2)18(15(3)21(17)4)28(25,26)23-12-10-22(11-13-23)16-8-6-7-9-20-16/h6-9H,5,10-13H2,1-4H3. The van der Waals surface area contributed by atoms with E-state index >= 15 is 0 Å². The minimum absolute atomic E-state index is 0.198. The number of aromatic nitrogens is 2. The van der Waals surface area contributed by atoms with Gasteiger partial charge >= 0.3 is 5.97 Å². The molecule has 1 saturated heterocycles. The number of hydrogen-bond acceptors (Lipinski definition) is 6. The molecular weight excluding hydrogens is 380 g/mol. The number of hydrogen-bond donors (Lipinski definition) is 0. The third kappa shape index (κ3) is 3.51. The summed E-state index contributed by atoms with van der Waals surface area (Å²) in [7, 11) is -2.03. The van der Waals surface area contributed by atoms with Crippen molar-refractivity contribution in [3.63, 3.8) is 0 Å². The van der Waals surface area contributed by atoms with E-state index in [0.717, 1.165) is 5.82 Å². The van der Waals surface area contributed by atoms with Gasteiger partial charge in [0.05, 0.1) is 6.61 Å². The van der Waals surface area contributed by atoms with E-state index in [1.165, 1.54) is 4.31 Å². The quantitative estimate of drug-likeness (QED) is 0.703. The maximum absolute atomic E-state index is 13.3.